The van der Waals surface area contributed by atoms with E-state index in [0.717, 1.165) is 89.9 Å². The maximum Gasteiger partial charge on any atom is 0.307 e. The molecule has 0 aromatic heterocycles. The third-order valence-corrected chi connectivity index (χ3v) is 11.6. The largest absolute Gasteiger partial charge is 0.508 e. The van der Waals surface area contributed by atoms with E-state index >= 15 is 0 Å². The van der Waals surface area contributed by atoms with Gasteiger partial charge in [0.15, 0.2) is 0 Å². The SMILES string of the molecule is NCCC1=C[C@@H]([C@@H](C=O)CCCCC[C@H]2C/C=C/C[C@@H](C(=O)O)C3(CCCCC3)c3cccc(c3)C[C@@H]2c2ccc(O)cc2)CC1. The van der Waals surface area contributed by atoms with Crippen LogP contribution >= 0.6 is 0 Å². The summed E-state index contributed by atoms with van der Waals surface area (Å²) in [5, 5.41) is 20.6. The number of benzene rings is 2. The summed E-state index contributed by atoms with van der Waals surface area (Å²) in [4.78, 5) is 24.8. The fourth-order valence-electron chi connectivity index (χ4n) is 9.01. The van der Waals surface area contributed by atoms with Crippen molar-refractivity contribution in [3.05, 3.63) is 89.0 Å². The number of hydrogen-bond acceptors (Lipinski definition) is 4. The number of carboxylic acid groups (broad SMARTS) is 1. The molecule has 5 nitrogen and oxygen atoms in total. The number of unbranched alkanes of at least 4 members (excludes halogenated alkanes) is 2. The molecule has 0 amide bonds. The average Bonchev–Trinajstić information content (AvgIpc) is 3.53. The minimum absolute atomic E-state index is 0.103. The Bertz CT molecular complexity index is 1340. The third-order valence-electron chi connectivity index (χ3n) is 11.6. The fraction of sp³-hybridized carbons (Fsp3) is 0.561. The Balaban J connectivity index is 1.34. The summed E-state index contributed by atoms with van der Waals surface area (Å²) < 4.78 is 0. The van der Waals surface area contributed by atoms with Crippen molar-refractivity contribution in [3.8, 4) is 5.75 Å². The third kappa shape index (κ3) is 8.39. The van der Waals surface area contributed by atoms with Gasteiger partial charge < -0.3 is 20.7 Å². The Morgan fingerprint density at radius 1 is 1.00 bits per heavy atom. The Labute approximate surface area is 276 Å². The molecule has 4 N–H and O–H groups in total. The Hall–Kier alpha value is -3.18. The van der Waals surface area contributed by atoms with Gasteiger partial charge in [0.1, 0.15) is 12.0 Å². The van der Waals surface area contributed by atoms with Gasteiger partial charge in [-0.05, 0) is 117 Å². The molecule has 46 heavy (non-hydrogen) atoms. The second-order valence-electron chi connectivity index (χ2n) is 14.4. The normalized spacial score (nSPS) is 26.0. The topological polar surface area (TPSA) is 101 Å². The molecule has 1 fully saturated rings. The van der Waals surface area contributed by atoms with E-state index in [9.17, 15) is 19.8 Å². The quantitative estimate of drug-likeness (QED) is 0.124. The molecule has 5 rings (SSSR count). The highest BCUT2D eigenvalue weighted by molar-refractivity contribution is 5.73. The molecule has 0 saturated heterocycles. The molecule has 3 aliphatic rings. The van der Waals surface area contributed by atoms with E-state index in [1.165, 1.54) is 35.0 Å². The summed E-state index contributed by atoms with van der Waals surface area (Å²) >= 11 is 0. The van der Waals surface area contributed by atoms with Crippen LogP contribution in [0.25, 0.3) is 0 Å². The average molecular weight is 626 g/mol. The second-order valence-corrected chi connectivity index (χ2v) is 14.4. The van der Waals surface area contributed by atoms with E-state index in [0.29, 0.717) is 24.8 Å². The van der Waals surface area contributed by atoms with E-state index in [1.807, 2.05) is 0 Å². The molecule has 0 radical (unpaired) electrons. The first-order valence-electron chi connectivity index (χ1n) is 18.0. The zero-order chi connectivity index (χ0) is 32.4. The van der Waals surface area contributed by atoms with Crippen molar-refractivity contribution in [1.29, 1.82) is 0 Å². The molecule has 0 unspecified atom stereocenters. The molecule has 5 heteroatoms. The van der Waals surface area contributed by atoms with Gasteiger partial charge in [0.05, 0.1) is 5.92 Å². The monoisotopic (exact) mass is 625 g/mol. The highest BCUT2D eigenvalue weighted by Crippen LogP contribution is 2.48. The molecule has 0 heterocycles. The van der Waals surface area contributed by atoms with Crippen LogP contribution in [-0.4, -0.2) is 29.0 Å². The second kappa shape index (κ2) is 16.6. The minimum Gasteiger partial charge on any atom is -0.508 e. The predicted molar refractivity (Wildman–Crippen MR) is 186 cm³/mol. The Morgan fingerprint density at radius 2 is 1.78 bits per heavy atom. The van der Waals surface area contributed by atoms with Crippen LogP contribution in [-0.2, 0) is 21.4 Å². The van der Waals surface area contributed by atoms with Gasteiger partial charge in [0, 0.05) is 11.3 Å². The number of fused-ring (bicyclic) bond motifs is 3. The maximum absolute atomic E-state index is 12.8. The first-order valence-corrected chi connectivity index (χ1v) is 18.0. The summed E-state index contributed by atoms with van der Waals surface area (Å²) in [5.74, 6) is 0.325. The molecular formula is C41H55NO4. The number of allylic oxidation sites excluding steroid dienone is 3. The number of carbonyl (C=O) groups is 2. The summed E-state index contributed by atoms with van der Waals surface area (Å²) in [6, 6.07) is 16.6. The van der Waals surface area contributed by atoms with E-state index in [4.69, 9.17) is 5.73 Å². The van der Waals surface area contributed by atoms with Gasteiger partial charge in [-0.25, -0.2) is 0 Å². The minimum atomic E-state index is -0.676. The van der Waals surface area contributed by atoms with E-state index in [2.05, 4.69) is 54.6 Å². The maximum atomic E-state index is 12.8. The Morgan fingerprint density at radius 3 is 2.52 bits per heavy atom. The molecule has 0 aliphatic heterocycles. The molecule has 248 valence electrons. The van der Waals surface area contributed by atoms with Crippen LogP contribution < -0.4 is 5.73 Å². The van der Waals surface area contributed by atoms with Gasteiger partial charge in [-0.15, -0.1) is 0 Å². The highest BCUT2D eigenvalue weighted by atomic mass is 16.4. The van der Waals surface area contributed by atoms with Gasteiger partial charge in [0.25, 0.3) is 0 Å². The summed E-state index contributed by atoms with van der Waals surface area (Å²) in [5.41, 5.74) is 10.6. The van der Waals surface area contributed by atoms with Crippen LogP contribution in [0.3, 0.4) is 0 Å². The van der Waals surface area contributed by atoms with E-state index < -0.39 is 11.9 Å². The molecule has 2 aromatic rings. The number of phenols is 1. The number of aromatic hydroxyl groups is 1. The van der Waals surface area contributed by atoms with Crippen molar-refractivity contribution in [3.63, 3.8) is 0 Å². The number of nitrogens with two attached hydrogens (primary N) is 1. The van der Waals surface area contributed by atoms with E-state index in [1.54, 1.807) is 12.1 Å². The van der Waals surface area contributed by atoms with Gasteiger partial charge in [-0.1, -0.05) is 98.7 Å². The van der Waals surface area contributed by atoms with Crippen molar-refractivity contribution in [1.82, 2.24) is 0 Å². The molecule has 2 aromatic carbocycles. The van der Waals surface area contributed by atoms with Crippen molar-refractivity contribution >= 4 is 12.3 Å². The molecular weight excluding hydrogens is 570 g/mol. The molecule has 3 aliphatic carbocycles. The standard InChI is InChI=1S/C41H55NO4/c42-25-22-30-16-17-34(26-30)35(29-43)13-4-1-3-11-32-12-5-6-15-39(40(45)46)41(23-7-2-8-24-41)36-14-9-10-31(27-36)28-38(32)33-18-20-37(44)21-19-33/h5-6,9-10,14,18-21,26-27,29,32,34-35,38-39,44H,1-4,7-8,11-13,15-17,22-25,28,42H2,(H,45,46)/b6-5+/t32-,34-,35+,38-,39-/m0/s1. The van der Waals surface area contributed by atoms with Crippen LogP contribution in [0.5, 0.6) is 5.75 Å². The number of rotatable bonds is 12. The number of aldehydes is 1. The van der Waals surface area contributed by atoms with Crippen LogP contribution in [0.1, 0.15) is 119 Å². The van der Waals surface area contributed by atoms with Crippen LogP contribution in [0.2, 0.25) is 0 Å². The smallest absolute Gasteiger partial charge is 0.307 e. The fourth-order valence-corrected chi connectivity index (χ4v) is 9.01. The molecule has 1 saturated carbocycles. The van der Waals surface area contributed by atoms with Crippen molar-refractivity contribution in [2.24, 2.45) is 29.4 Å². The lowest BCUT2D eigenvalue weighted by atomic mass is 9.60. The molecule has 5 atom stereocenters. The number of phenolic OH excluding ortho intramolecular Hbond substituents is 1. The lowest BCUT2D eigenvalue weighted by Crippen LogP contribution is -2.41. The Kier molecular flexibility index (Phi) is 12.3. The van der Waals surface area contributed by atoms with Crippen LogP contribution in [0.15, 0.2) is 72.3 Å². The van der Waals surface area contributed by atoms with Gasteiger partial charge in [0.2, 0.25) is 0 Å². The zero-order valence-electron chi connectivity index (χ0n) is 27.6. The van der Waals surface area contributed by atoms with Crippen molar-refractivity contribution in [2.75, 3.05) is 6.54 Å². The summed E-state index contributed by atoms with van der Waals surface area (Å²) in [6.45, 7) is 0.679. The van der Waals surface area contributed by atoms with Crippen LogP contribution in [0.4, 0.5) is 0 Å². The lowest BCUT2D eigenvalue weighted by Gasteiger charge is -2.42. The number of carboxylic acids is 1. The first kappa shape index (κ1) is 34.2. The van der Waals surface area contributed by atoms with Crippen molar-refractivity contribution in [2.45, 2.75) is 114 Å². The summed E-state index contributed by atoms with van der Waals surface area (Å²) in [7, 11) is 0. The van der Waals surface area contributed by atoms with Gasteiger partial charge >= 0.3 is 5.97 Å². The van der Waals surface area contributed by atoms with Gasteiger partial charge in [-0.3, -0.25) is 4.79 Å². The van der Waals surface area contributed by atoms with Crippen LogP contribution in [0, 0.1) is 23.7 Å². The predicted octanol–water partition coefficient (Wildman–Crippen LogP) is 9.04. The summed E-state index contributed by atoms with van der Waals surface area (Å²) in [6.07, 6.45) is 23.8. The molecule has 1 spiro atoms. The number of carbonyl (C=O) groups excluding carboxylic acids is 1. The first-order chi connectivity index (χ1) is 22.4. The lowest BCUT2D eigenvalue weighted by molar-refractivity contribution is -0.145. The van der Waals surface area contributed by atoms with Crippen molar-refractivity contribution < 1.29 is 19.8 Å². The molecule has 2 bridgehead atoms. The number of aliphatic carboxylic acids is 1. The number of hydrogen-bond donors (Lipinski definition) is 3. The zero-order valence-corrected chi connectivity index (χ0v) is 27.6. The van der Waals surface area contributed by atoms with E-state index in [-0.39, 0.29) is 23.0 Å². The highest BCUT2D eigenvalue weighted by Gasteiger charge is 2.44. The van der Waals surface area contributed by atoms with Gasteiger partial charge in [-0.2, -0.15) is 0 Å².